The molecule has 1 aliphatic heterocycles. The van der Waals surface area contributed by atoms with E-state index >= 15 is 0 Å². The fraction of sp³-hybridized carbons (Fsp3) is 0.273. The molecule has 30 heavy (non-hydrogen) atoms. The second-order valence-corrected chi connectivity index (χ2v) is 8.44. The largest absolute Gasteiger partial charge is 0.342 e. The highest BCUT2D eigenvalue weighted by atomic mass is 32.2. The van der Waals surface area contributed by atoms with Crippen molar-refractivity contribution in [2.24, 2.45) is 0 Å². The molecule has 8 heteroatoms. The molecule has 0 saturated carbocycles. The number of rotatable bonds is 6. The monoisotopic (exact) mass is 421 g/mol. The predicted octanol–water partition coefficient (Wildman–Crippen LogP) is 3.62. The van der Waals surface area contributed by atoms with E-state index in [4.69, 9.17) is 0 Å². The molecule has 1 saturated heterocycles. The normalized spacial score (nSPS) is 14.5. The van der Waals surface area contributed by atoms with E-state index in [0.717, 1.165) is 31.6 Å². The van der Waals surface area contributed by atoms with Crippen molar-refractivity contribution < 1.29 is 9.59 Å². The van der Waals surface area contributed by atoms with E-state index in [1.165, 1.54) is 11.8 Å². The number of carbonyl (C=O) groups is 2. The van der Waals surface area contributed by atoms with Crippen LogP contribution in [0.4, 0.5) is 5.69 Å². The molecule has 7 nitrogen and oxygen atoms in total. The van der Waals surface area contributed by atoms with E-state index in [9.17, 15) is 9.59 Å². The summed E-state index contributed by atoms with van der Waals surface area (Å²) in [5.41, 5.74) is 1.94. The number of nitrogens with zero attached hydrogens (tertiary/aromatic N) is 4. The summed E-state index contributed by atoms with van der Waals surface area (Å²) in [6.45, 7) is 3.49. The minimum atomic E-state index is -0.301. The molecule has 3 aromatic rings. The summed E-state index contributed by atoms with van der Waals surface area (Å²) in [5.74, 6) is -0.183. The van der Waals surface area contributed by atoms with Gasteiger partial charge in [-0.05, 0) is 44.0 Å². The van der Waals surface area contributed by atoms with Crippen LogP contribution >= 0.6 is 11.8 Å². The molecule has 1 aromatic carbocycles. The lowest BCUT2D eigenvalue weighted by Crippen LogP contribution is -2.34. The number of anilines is 1. The molecule has 1 aliphatic rings. The van der Waals surface area contributed by atoms with Gasteiger partial charge in [-0.15, -0.1) is 0 Å². The summed E-state index contributed by atoms with van der Waals surface area (Å²) in [6, 6.07) is 13.1. The summed E-state index contributed by atoms with van der Waals surface area (Å²) < 4.78 is 1.70. The second kappa shape index (κ2) is 9.13. The Labute approximate surface area is 179 Å². The van der Waals surface area contributed by atoms with E-state index in [2.05, 4.69) is 15.4 Å². The number of carbonyl (C=O) groups excluding carboxylic acids is 2. The van der Waals surface area contributed by atoms with Crippen LogP contribution in [0.15, 0.2) is 66.1 Å². The number of hydrogen-bond acceptors (Lipinski definition) is 5. The van der Waals surface area contributed by atoms with Crippen molar-refractivity contribution in [3.05, 3.63) is 66.6 Å². The number of pyridine rings is 1. The number of hydrogen-bond donors (Lipinski definition) is 1. The molecule has 154 valence electrons. The van der Waals surface area contributed by atoms with Crippen LogP contribution in [-0.2, 0) is 4.79 Å². The van der Waals surface area contributed by atoms with Crippen LogP contribution in [-0.4, -0.2) is 49.8 Å². The van der Waals surface area contributed by atoms with Gasteiger partial charge in [0.2, 0.25) is 5.91 Å². The van der Waals surface area contributed by atoms with Gasteiger partial charge in [-0.3, -0.25) is 9.59 Å². The van der Waals surface area contributed by atoms with Crippen LogP contribution in [0.25, 0.3) is 5.69 Å². The van der Waals surface area contributed by atoms with E-state index in [0.29, 0.717) is 16.3 Å². The van der Waals surface area contributed by atoms with Crippen LogP contribution in [0, 0.1) is 0 Å². The molecule has 0 radical (unpaired) electrons. The van der Waals surface area contributed by atoms with Gasteiger partial charge in [-0.25, -0.2) is 9.67 Å². The number of aromatic nitrogens is 3. The third kappa shape index (κ3) is 4.54. The SMILES string of the molecule is CC(Sc1ncccc1C(=O)Nc1cnn(-c2ccccc2)c1)C(=O)N1CCCC1. The second-order valence-electron chi connectivity index (χ2n) is 7.11. The molecule has 1 fully saturated rings. The summed E-state index contributed by atoms with van der Waals surface area (Å²) >= 11 is 1.32. The van der Waals surface area contributed by atoms with Gasteiger partial charge in [0.05, 0.1) is 34.6 Å². The van der Waals surface area contributed by atoms with Crippen molar-refractivity contribution in [2.75, 3.05) is 18.4 Å². The summed E-state index contributed by atoms with van der Waals surface area (Å²) in [5, 5.41) is 7.42. The number of likely N-dealkylation sites (tertiary alicyclic amines) is 1. The quantitative estimate of drug-likeness (QED) is 0.615. The molecule has 2 aromatic heterocycles. The highest BCUT2D eigenvalue weighted by Gasteiger charge is 2.26. The molecule has 2 amide bonds. The van der Waals surface area contributed by atoms with Gasteiger partial charge in [-0.2, -0.15) is 5.10 Å². The van der Waals surface area contributed by atoms with E-state index in [-0.39, 0.29) is 17.1 Å². The van der Waals surface area contributed by atoms with Gasteiger partial charge in [0.15, 0.2) is 0 Å². The first-order chi connectivity index (χ1) is 14.6. The minimum Gasteiger partial charge on any atom is -0.342 e. The molecule has 4 rings (SSSR count). The Morgan fingerprint density at radius 2 is 1.87 bits per heavy atom. The maximum Gasteiger partial charge on any atom is 0.258 e. The first-order valence-corrected chi connectivity index (χ1v) is 10.8. The van der Waals surface area contributed by atoms with E-state index < -0.39 is 0 Å². The number of benzene rings is 1. The third-order valence-electron chi connectivity index (χ3n) is 4.93. The van der Waals surface area contributed by atoms with Crippen LogP contribution in [0.3, 0.4) is 0 Å². The maximum atomic E-state index is 12.9. The number of thioether (sulfide) groups is 1. The van der Waals surface area contributed by atoms with Gasteiger partial charge in [0, 0.05) is 19.3 Å². The first kappa shape index (κ1) is 20.2. The summed E-state index contributed by atoms with van der Waals surface area (Å²) in [7, 11) is 0. The standard InChI is InChI=1S/C22H23N5O2S/c1-16(22(29)26-12-5-6-13-26)30-21-19(10-7-11-23-21)20(28)25-17-14-24-27(15-17)18-8-3-2-4-9-18/h2-4,7-11,14-16H,5-6,12-13H2,1H3,(H,25,28). The van der Waals surface area contributed by atoms with Crippen molar-refractivity contribution in [1.82, 2.24) is 19.7 Å². The van der Waals surface area contributed by atoms with Crippen molar-refractivity contribution in [3.8, 4) is 5.69 Å². The lowest BCUT2D eigenvalue weighted by Gasteiger charge is -2.20. The Morgan fingerprint density at radius 3 is 2.63 bits per heavy atom. The van der Waals surface area contributed by atoms with Gasteiger partial charge in [-0.1, -0.05) is 30.0 Å². The van der Waals surface area contributed by atoms with Gasteiger partial charge in [0.1, 0.15) is 5.03 Å². The predicted molar refractivity (Wildman–Crippen MR) is 117 cm³/mol. The summed E-state index contributed by atoms with van der Waals surface area (Å²) in [4.78, 5) is 31.8. The Kier molecular flexibility index (Phi) is 6.13. The molecular weight excluding hydrogens is 398 g/mol. The Bertz CT molecular complexity index is 1030. The van der Waals surface area contributed by atoms with Crippen molar-refractivity contribution in [3.63, 3.8) is 0 Å². The fourth-order valence-corrected chi connectivity index (χ4v) is 4.37. The summed E-state index contributed by atoms with van der Waals surface area (Å²) in [6.07, 6.45) is 7.11. The number of amides is 2. The lowest BCUT2D eigenvalue weighted by atomic mass is 10.2. The molecule has 1 atom stereocenters. The van der Waals surface area contributed by atoms with Crippen molar-refractivity contribution in [2.45, 2.75) is 30.0 Å². The smallest absolute Gasteiger partial charge is 0.258 e. The minimum absolute atomic E-state index is 0.0960. The highest BCUT2D eigenvalue weighted by molar-refractivity contribution is 8.00. The molecule has 0 bridgehead atoms. The van der Waals surface area contributed by atoms with Crippen molar-refractivity contribution >= 4 is 29.3 Å². The zero-order chi connectivity index (χ0) is 20.9. The van der Waals surface area contributed by atoms with E-state index in [1.807, 2.05) is 42.2 Å². The highest BCUT2D eigenvalue weighted by Crippen LogP contribution is 2.27. The molecular formula is C22H23N5O2S. The van der Waals surface area contributed by atoms with Crippen molar-refractivity contribution in [1.29, 1.82) is 0 Å². The van der Waals surface area contributed by atoms with Crippen LogP contribution in [0.2, 0.25) is 0 Å². The third-order valence-corrected chi connectivity index (χ3v) is 6.03. The first-order valence-electron chi connectivity index (χ1n) is 9.94. The van der Waals surface area contributed by atoms with Gasteiger partial charge < -0.3 is 10.2 Å². The maximum absolute atomic E-state index is 12.9. The Balaban J connectivity index is 1.46. The average Bonchev–Trinajstić information content (AvgIpc) is 3.46. The van der Waals surface area contributed by atoms with Gasteiger partial charge >= 0.3 is 0 Å². The fourth-order valence-electron chi connectivity index (χ4n) is 3.38. The Hall–Kier alpha value is -3.13. The van der Waals surface area contributed by atoms with E-state index in [1.54, 1.807) is 35.4 Å². The number of nitrogens with one attached hydrogen (secondary N) is 1. The molecule has 0 aliphatic carbocycles. The Morgan fingerprint density at radius 1 is 1.10 bits per heavy atom. The zero-order valence-electron chi connectivity index (χ0n) is 16.7. The topological polar surface area (TPSA) is 80.1 Å². The van der Waals surface area contributed by atoms with Gasteiger partial charge in [0.25, 0.3) is 5.91 Å². The molecule has 1 unspecified atom stereocenters. The van der Waals surface area contributed by atoms with Crippen LogP contribution < -0.4 is 5.32 Å². The lowest BCUT2D eigenvalue weighted by molar-refractivity contribution is -0.129. The molecule has 1 N–H and O–H groups in total. The van der Waals surface area contributed by atoms with Crippen LogP contribution in [0.5, 0.6) is 0 Å². The van der Waals surface area contributed by atoms with Crippen LogP contribution in [0.1, 0.15) is 30.1 Å². The molecule has 0 spiro atoms. The zero-order valence-corrected chi connectivity index (χ0v) is 17.5. The molecule has 3 heterocycles. The number of para-hydroxylation sites is 1. The average molecular weight is 422 g/mol.